The fraction of sp³-hybridized carbons (Fsp3) is 0.500. The van der Waals surface area contributed by atoms with Gasteiger partial charge in [-0.3, -0.25) is 0 Å². The molecule has 1 aromatic carbocycles. The largest absolute Gasteiger partial charge is 0.484 e. The molecular weight excluding hydrogens is 282 g/mol. The van der Waals surface area contributed by atoms with Gasteiger partial charge in [0.25, 0.3) is 0 Å². The molecule has 0 radical (unpaired) electrons. The highest BCUT2D eigenvalue weighted by Gasteiger charge is 2.24. The van der Waals surface area contributed by atoms with E-state index in [4.69, 9.17) is 9.47 Å². The van der Waals surface area contributed by atoms with Gasteiger partial charge in [-0.1, -0.05) is 13.8 Å². The van der Waals surface area contributed by atoms with Gasteiger partial charge >= 0.3 is 6.09 Å². The minimum Gasteiger partial charge on any atom is -0.484 e. The monoisotopic (exact) mass is 300 g/mol. The van der Waals surface area contributed by atoms with Crippen molar-refractivity contribution in [3.8, 4) is 5.75 Å². The van der Waals surface area contributed by atoms with E-state index in [1.54, 1.807) is 0 Å². The van der Waals surface area contributed by atoms with Gasteiger partial charge in [-0.2, -0.15) is 0 Å². The minimum absolute atomic E-state index is 0.101. The van der Waals surface area contributed by atoms with E-state index < -0.39 is 29.6 Å². The number of halogens is 2. The Labute approximate surface area is 121 Å². The normalized spacial score (nSPS) is 17.8. The molecule has 1 fully saturated rings. The summed E-state index contributed by atoms with van der Waals surface area (Å²) in [5, 5.41) is 5.51. The minimum atomic E-state index is -0.771. The first kappa shape index (κ1) is 15.5. The Morgan fingerprint density at radius 3 is 2.62 bits per heavy atom. The lowest BCUT2D eigenvalue weighted by Crippen LogP contribution is -2.23. The van der Waals surface area contributed by atoms with Gasteiger partial charge in [-0.25, -0.2) is 13.6 Å². The zero-order chi connectivity index (χ0) is 15.4. The first-order chi connectivity index (χ1) is 9.95. The van der Waals surface area contributed by atoms with Crippen molar-refractivity contribution in [1.82, 2.24) is 10.6 Å². The molecule has 0 bridgehead atoms. The number of amides is 1. The van der Waals surface area contributed by atoms with Gasteiger partial charge in [-0.05, 0) is 17.7 Å². The Balaban J connectivity index is 1.98. The Morgan fingerprint density at radius 1 is 1.43 bits per heavy atom. The molecule has 0 spiro atoms. The van der Waals surface area contributed by atoms with Crippen LogP contribution < -0.4 is 15.4 Å². The summed E-state index contributed by atoms with van der Waals surface area (Å²) in [6, 6.07) is 2.68. The van der Waals surface area contributed by atoms with Gasteiger partial charge < -0.3 is 20.1 Å². The van der Waals surface area contributed by atoms with Gasteiger partial charge in [0.05, 0.1) is 6.54 Å². The highest BCUT2D eigenvalue weighted by Crippen LogP contribution is 2.24. The Kier molecular flexibility index (Phi) is 4.95. The molecule has 2 N–H and O–H groups in total. The third-order valence-electron chi connectivity index (χ3n) is 2.93. The predicted octanol–water partition coefficient (Wildman–Crippen LogP) is 1.95. The van der Waals surface area contributed by atoms with Crippen molar-refractivity contribution in [2.45, 2.75) is 32.5 Å². The molecule has 1 atom stereocenters. The summed E-state index contributed by atoms with van der Waals surface area (Å²) in [4.78, 5) is 10.8. The first-order valence-corrected chi connectivity index (χ1v) is 6.74. The number of carbonyl (C=O) groups is 1. The summed E-state index contributed by atoms with van der Waals surface area (Å²) in [7, 11) is 0. The van der Waals surface area contributed by atoms with Crippen LogP contribution in [-0.4, -0.2) is 31.4 Å². The third-order valence-corrected chi connectivity index (χ3v) is 2.93. The summed E-state index contributed by atoms with van der Waals surface area (Å²) in [6.07, 6.45) is -1.10. The van der Waals surface area contributed by atoms with Crippen LogP contribution in [0.15, 0.2) is 12.1 Å². The summed E-state index contributed by atoms with van der Waals surface area (Å²) in [5.41, 5.74) is 0.500. The fourth-order valence-electron chi connectivity index (χ4n) is 1.88. The summed E-state index contributed by atoms with van der Waals surface area (Å²) < 4.78 is 37.7. The molecule has 0 aliphatic carbocycles. The van der Waals surface area contributed by atoms with Crippen LogP contribution >= 0.6 is 0 Å². The molecule has 1 heterocycles. The molecule has 1 aromatic rings. The molecule has 2 rings (SSSR count). The Bertz CT molecular complexity index is 500. The molecule has 116 valence electrons. The maximum atomic E-state index is 13.9. The van der Waals surface area contributed by atoms with E-state index in [9.17, 15) is 13.6 Å². The number of ether oxygens (including phenoxy) is 2. The standard InChI is InChI=1S/C14H18F2N2O3/c1-8(2)17-5-9-3-11(15)13(12(16)4-9)20-7-10-6-18-14(19)21-10/h3-4,8,10,17H,5-7H2,1-2H3,(H,18,19). The van der Waals surface area contributed by atoms with E-state index in [1.165, 1.54) is 12.1 Å². The second kappa shape index (κ2) is 6.71. The smallest absolute Gasteiger partial charge is 0.407 e. The second-order valence-electron chi connectivity index (χ2n) is 5.14. The molecule has 1 aliphatic rings. The van der Waals surface area contributed by atoms with E-state index in [1.807, 2.05) is 13.8 Å². The Hall–Kier alpha value is -1.89. The molecule has 1 aliphatic heterocycles. The van der Waals surface area contributed by atoms with Crippen molar-refractivity contribution >= 4 is 6.09 Å². The highest BCUT2D eigenvalue weighted by atomic mass is 19.1. The van der Waals surface area contributed by atoms with E-state index >= 15 is 0 Å². The zero-order valence-electron chi connectivity index (χ0n) is 11.9. The molecule has 1 saturated heterocycles. The zero-order valence-corrected chi connectivity index (χ0v) is 11.9. The van der Waals surface area contributed by atoms with E-state index in [0.717, 1.165) is 0 Å². The number of nitrogens with one attached hydrogen (secondary N) is 2. The highest BCUT2D eigenvalue weighted by molar-refractivity contribution is 5.69. The first-order valence-electron chi connectivity index (χ1n) is 6.74. The topological polar surface area (TPSA) is 59.6 Å². The van der Waals surface area contributed by atoms with Crippen molar-refractivity contribution in [3.05, 3.63) is 29.3 Å². The van der Waals surface area contributed by atoms with Gasteiger partial charge in [0.2, 0.25) is 0 Å². The third kappa shape index (κ3) is 4.29. The number of alkyl carbamates (subject to hydrolysis) is 1. The van der Waals surface area contributed by atoms with Gasteiger partial charge in [0, 0.05) is 12.6 Å². The number of hydrogen-bond acceptors (Lipinski definition) is 4. The second-order valence-corrected chi connectivity index (χ2v) is 5.14. The van der Waals surface area contributed by atoms with Crippen LogP contribution in [0.4, 0.5) is 13.6 Å². The number of hydrogen-bond donors (Lipinski definition) is 2. The van der Waals surface area contributed by atoms with E-state index in [2.05, 4.69) is 10.6 Å². The predicted molar refractivity (Wildman–Crippen MR) is 72.1 cm³/mol. The van der Waals surface area contributed by atoms with Crippen molar-refractivity contribution in [2.75, 3.05) is 13.2 Å². The summed E-state index contributed by atoms with van der Waals surface area (Å²) in [6.45, 7) is 4.42. The Morgan fingerprint density at radius 2 is 2.10 bits per heavy atom. The van der Waals surface area contributed by atoms with Crippen LogP contribution in [0.2, 0.25) is 0 Å². The van der Waals surface area contributed by atoms with Crippen molar-refractivity contribution in [2.24, 2.45) is 0 Å². The van der Waals surface area contributed by atoms with Crippen LogP contribution in [-0.2, 0) is 11.3 Å². The van der Waals surface area contributed by atoms with E-state index in [0.29, 0.717) is 12.1 Å². The number of rotatable bonds is 6. The van der Waals surface area contributed by atoms with Crippen LogP contribution in [0.5, 0.6) is 5.75 Å². The molecule has 1 amide bonds. The van der Waals surface area contributed by atoms with Crippen LogP contribution in [0.1, 0.15) is 19.4 Å². The lowest BCUT2D eigenvalue weighted by atomic mass is 10.2. The lowest BCUT2D eigenvalue weighted by molar-refractivity contribution is 0.101. The van der Waals surface area contributed by atoms with Gasteiger partial charge in [0.1, 0.15) is 6.61 Å². The van der Waals surface area contributed by atoms with Crippen molar-refractivity contribution < 1.29 is 23.0 Å². The molecule has 21 heavy (non-hydrogen) atoms. The maximum Gasteiger partial charge on any atom is 0.407 e. The SMILES string of the molecule is CC(C)NCc1cc(F)c(OCC2CNC(=O)O2)c(F)c1. The van der Waals surface area contributed by atoms with Crippen molar-refractivity contribution in [1.29, 1.82) is 0 Å². The van der Waals surface area contributed by atoms with Crippen LogP contribution in [0.25, 0.3) is 0 Å². The van der Waals surface area contributed by atoms with E-state index in [-0.39, 0.29) is 19.2 Å². The molecule has 0 aromatic heterocycles. The number of benzene rings is 1. The van der Waals surface area contributed by atoms with Crippen LogP contribution in [0, 0.1) is 11.6 Å². The molecule has 0 saturated carbocycles. The van der Waals surface area contributed by atoms with Gasteiger partial charge in [-0.15, -0.1) is 0 Å². The number of carbonyl (C=O) groups excluding carboxylic acids is 1. The molecule has 5 nitrogen and oxygen atoms in total. The maximum absolute atomic E-state index is 13.9. The summed E-state index contributed by atoms with van der Waals surface area (Å²) in [5.74, 6) is -1.99. The average molecular weight is 300 g/mol. The lowest BCUT2D eigenvalue weighted by Gasteiger charge is -2.13. The number of cyclic esters (lactones) is 1. The van der Waals surface area contributed by atoms with Crippen LogP contribution in [0.3, 0.4) is 0 Å². The molecular formula is C14H18F2N2O3. The molecule has 7 heteroatoms. The average Bonchev–Trinajstić information content (AvgIpc) is 2.81. The van der Waals surface area contributed by atoms with Gasteiger partial charge in [0.15, 0.2) is 23.5 Å². The quantitative estimate of drug-likeness (QED) is 0.843. The van der Waals surface area contributed by atoms with Crippen molar-refractivity contribution in [3.63, 3.8) is 0 Å². The fourth-order valence-corrected chi connectivity index (χ4v) is 1.88. The summed E-state index contributed by atoms with van der Waals surface area (Å²) >= 11 is 0. The molecule has 1 unspecified atom stereocenters.